The van der Waals surface area contributed by atoms with Gasteiger partial charge >= 0.3 is 5.97 Å². The maximum Gasteiger partial charge on any atom is 0.336 e. The van der Waals surface area contributed by atoms with E-state index < -0.39 is 5.97 Å². The molecule has 3 nitrogen and oxygen atoms in total. The number of furan rings is 1. The van der Waals surface area contributed by atoms with Crippen LogP contribution in [-0.4, -0.2) is 5.97 Å². The molecule has 1 aromatic heterocycles. The van der Waals surface area contributed by atoms with Crippen molar-refractivity contribution in [2.45, 2.75) is 20.8 Å². The minimum atomic E-state index is -0.414. The van der Waals surface area contributed by atoms with Crippen LogP contribution < -0.4 is 4.74 Å². The van der Waals surface area contributed by atoms with Crippen LogP contribution in [0.25, 0.3) is 6.08 Å². The molecule has 0 amide bonds. The summed E-state index contributed by atoms with van der Waals surface area (Å²) < 4.78 is 10.6. The Balaban J connectivity index is 2.05. The SMILES string of the molecule is Cc1ccc(C)c(OC(=O)/C=C/c2ccc(C)o2)c1. The molecule has 0 saturated heterocycles. The first kappa shape index (κ1) is 13.1. The number of carbonyl (C=O) groups is 1. The molecule has 0 aliphatic carbocycles. The fourth-order valence-corrected chi connectivity index (χ4v) is 1.65. The van der Waals surface area contributed by atoms with Crippen molar-refractivity contribution < 1.29 is 13.9 Å². The number of hydrogen-bond acceptors (Lipinski definition) is 3. The predicted molar refractivity (Wildman–Crippen MR) is 74.0 cm³/mol. The lowest BCUT2D eigenvalue weighted by Gasteiger charge is -2.05. The van der Waals surface area contributed by atoms with Gasteiger partial charge in [-0.3, -0.25) is 0 Å². The molecular formula is C16H16O3. The van der Waals surface area contributed by atoms with Gasteiger partial charge in [0, 0.05) is 6.08 Å². The fourth-order valence-electron chi connectivity index (χ4n) is 1.65. The van der Waals surface area contributed by atoms with Crippen molar-refractivity contribution in [2.75, 3.05) is 0 Å². The number of rotatable bonds is 3. The molecule has 0 saturated carbocycles. The Hall–Kier alpha value is -2.29. The average Bonchev–Trinajstić information content (AvgIpc) is 2.77. The standard InChI is InChI=1S/C16H16O3/c1-11-4-5-12(2)15(10-11)19-16(17)9-8-14-7-6-13(3)18-14/h4-10H,1-3H3/b9-8+. The molecule has 1 heterocycles. The van der Waals surface area contributed by atoms with Crippen LogP contribution in [0, 0.1) is 20.8 Å². The average molecular weight is 256 g/mol. The summed E-state index contributed by atoms with van der Waals surface area (Å²) in [5.41, 5.74) is 1.99. The second-order valence-electron chi connectivity index (χ2n) is 4.47. The highest BCUT2D eigenvalue weighted by Gasteiger charge is 2.04. The van der Waals surface area contributed by atoms with Crippen molar-refractivity contribution in [1.29, 1.82) is 0 Å². The monoisotopic (exact) mass is 256 g/mol. The van der Waals surface area contributed by atoms with E-state index in [1.54, 1.807) is 12.1 Å². The topological polar surface area (TPSA) is 39.4 Å². The van der Waals surface area contributed by atoms with Crippen molar-refractivity contribution >= 4 is 12.0 Å². The molecule has 2 rings (SSSR count). The summed E-state index contributed by atoms with van der Waals surface area (Å²) in [4.78, 5) is 11.7. The molecule has 0 atom stereocenters. The first-order valence-corrected chi connectivity index (χ1v) is 6.08. The number of ether oxygens (including phenoxy) is 1. The lowest BCUT2D eigenvalue weighted by molar-refractivity contribution is -0.128. The zero-order valence-electron chi connectivity index (χ0n) is 11.3. The van der Waals surface area contributed by atoms with Gasteiger partial charge in [-0.1, -0.05) is 12.1 Å². The van der Waals surface area contributed by atoms with Gasteiger partial charge in [0.25, 0.3) is 0 Å². The minimum Gasteiger partial charge on any atom is -0.462 e. The Morgan fingerprint density at radius 2 is 1.95 bits per heavy atom. The van der Waals surface area contributed by atoms with Crippen LogP contribution >= 0.6 is 0 Å². The molecule has 0 spiro atoms. The third-order valence-electron chi connectivity index (χ3n) is 2.70. The number of hydrogen-bond donors (Lipinski definition) is 0. The highest BCUT2D eigenvalue weighted by atomic mass is 16.5. The zero-order valence-corrected chi connectivity index (χ0v) is 11.3. The third kappa shape index (κ3) is 3.58. The molecule has 0 radical (unpaired) electrons. The van der Waals surface area contributed by atoms with Gasteiger partial charge < -0.3 is 9.15 Å². The van der Waals surface area contributed by atoms with Gasteiger partial charge in [-0.05, 0) is 56.2 Å². The lowest BCUT2D eigenvalue weighted by atomic mass is 10.1. The first-order chi connectivity index (χ1) is 9.04. The predicted octanol–water partition coefficient (Wildman–Crippen LogP) is 3.82. The third-order valence-corrected chi connectivity index (χ3v) is 2.70. The molecule has 3 heteroatoms. The molecule has 0 unspecified atom stereocenters. The summed E-state index contributed by atoms with van der Waals surface area (Å²) in [7, 11) is 0. The van der Waals surface area contributed by atoms with Gasteiger partial charge in [-0.2, -0.15) is 0 Å². The Kier molecular flexibility index (Phi) is 3.85. The number of esters is 1. The number of benzene rings is 1. The second kappa shape index (κ2) is 5.57. The second-order valence-corrected chi connectivity index (χ2v) is 4.47. The van der Waals surface area contributed by atoms with Gasteiger partial charge in [-0.25, -0.2) is 4.79 Å². The summed E-state index contributed by atoms with van der Waals surface area (Å²) in [5.74, 6) is 1.62. The maximum absolute atomic E-state index is 11.7. The van der Waals surface area contributed by atoms with E-state index in [2.05, 4.69) is 0 Å². The van der Waals surface area contributed by atoms with E-state index in [4.69, 9.17) is 9.15 Å². The van der Waals surface area contributed by atoms with E-state index in [0.29, 0.717) is 11.5 Å². The van der Waals surface area contributed by atoms with Crippen molar-refractivity contribution in [3.8, 4) is 5.75 Å². The van der Waals surface area contributed by atoms with Crippen LogP contribution in [0.3, 0.4) is 0 Å². The largest absolute Gasteiger partial charge is 0.462 e. The van der Waals surface area contributed by atoms with E-state index in [1.807, 2.05) is 45.0 Å². The molecule has 0 aliphatic heterocycles. The Labute approximate surface area is 112 Å². The molecule has 19 heavy (non-hydrogen) atoms. The normalized spacial score (nSPS) is 10.9. The van der Waals surface area contributed by atoms with Gasteiger partial charge in [-0.15, -0.1) is 0 Å². The van der Waals surface area contributed by atoms with Gasteiger partial charge in [0.1, 0.15) is 17.3 Å². The Morgan fingerprint density at radius 1 is 1.16 bits per heavy atom. The van der Waals surface area contributed by atoms with Gasteiger partial charge in [0.15, 0.2) is 0 Å². The molecule has 0 bridgehead atoms. The number of carbonyl (C=O) groups excluding carboxylic acids is 1. The molecule has 2 aromatic rings. The summed E-state index contributed by atoms with van der Waals surface area (Å²) in [6.45, 7) is 5.71. The smallest absolute Gasteiger partial charge is 0.336 e. The van der Waals surface area contributed by atoms with Gasteiger partial charge in [0.2, 0.25) is 0 Å². The van der Waals surface area contributed by atoms with Crippen LogP contribution in [0.4, 0.5) is 0 Å². The highest BCUT2D eigenvalue weighted by molar-refractivity contribution is 5.88. The number of aryl methyl sites for hydroxylation is 3. The van der Waals surface area contributed by atoms with E-state index in [1.165, 1.54) is 6.08 Å². The maximum atomic E-state index is 11.7. The van der Waals surface area contributed by atoms with E-state index in [-0.39, 0.29) is 0 Å². The summed E-state index contributed by atoms with van der Waals surface area (Å²) in [6.07, 6.45) is 2.96. The van der Waals surface area contributed by atoms with E-state index >= 15 is 0 Å². The van der Waals surface area contributed by atoms with Crippen LogP contribution in [0.5, 0.6) is 5.75 Å². The molecule has 1 aromatic carbocycles. The van der Waals surface area contributed by atoms with Gasteiger partial charge in [0.05, 0.1) is 0 Å². The lowest BCUT2D eigenvalue weighted by Crippen LogP contribution is -2.04. The Morgan fingerprint density at radius 3 is 2.63 bits per heavy atom. The molecular weight excluding hydrogens is 240 g/mol. The summed E-state index contributed by atoms with van der Waals surface area (Å²) in [6, 6.07) is 9.40. The molecule has 98 valence electrons. The van der Waals surface area contributed by atoms with Crippen LogP contribution in [0.2, 0.25) is 0 Å². The quantitative estimate of drug-likeness (QED) is 0.476. The fraction of sp³-hybridized carbons (Fsp3) is 0.188. The minimum absolute atomic E-state index is 0.414. The van der Waals surface area contributed by atoms with E-state index in [9.17, 15) is 4.79 Å². The van der Waals surface area contributed by atoms with Crippen LogP contribution in [0.15, 0.2) is 40.8 Å². The zero-order chi connectivity index (χ0) is 13.8. The van der Waals surface area contributed by atoms with Crippen molar-refractivity contribution in [3.63, 3.8) is 0 Å². The Bertz CT molecular complexity index is 621. The summed E-state index contributed by atoms with van der Waals surface area (Å²) in [5, 5.41) is 0. The van der Waals surface area contributed by atoms with Crippen LogP contribution in [0.1, 0.15) is 22.6 Å². The molecule has 0 fully saturated rings. The molecule has 0 N–H and O–H groups in total. The summed E-state index contributed by atoms with van der Waals surface area (Å²) >= 11 is 0. The van der Waals surface area contributed by atoms with E-state index in [0.717, 1.165) is 16.9 Å². The highest BCUT2D eigenvalue weighted by Crippen LogP contribution is 2.19. The van der Waals surface area contributed by atoms with Crippen LogP contribution in [-0.2, 0) is 4.79 Å². The van der Waals surface area contributed by atoms with Crippen molar-refractivity contribution in [2.24, 2.45) is 0 Å². The van der Waals surface area contributed by atoms with Crippen molar-refractivity contribution in [3.05, 3.63) is 59.1 Å². The first-order valence-electron chi connectivity index (χ1n) is 6.08. The molecule has 0 aliphatic rings. The van der Waals surface area contributed by atoms with Crippen molar-refractivity contribution in [1.82, 2.24) is 0 Å².